The molecule has 0 saturated heterocycles. The van der Waals surface area contributed by atoms with E-state index in [1.54, 1.807) is 20.8 Å². The van der Waals surface area contributed by atoms with E-state index in [2.05, 4.69) is 0 Å². The monoisotopic (exact) mass is 250 g/mol. The molecule has 0 fully saturated rings. The topological polar surface area (TPSA) is 107 Å². The van der Waals surface area contributed by atoms with E-state index in [1.807, 2.05) is 0 Å². The minimum absolute atomic E-state index is 0.138. The van der Waals surface area contributed by atoms with Gasteiger partial charge in [-0.05, 0) is 27.7 Å². The summed E-state index contributed by atoms with van der Waals surface area (Å²) in [6.07, 6.45) is -5.27. The molecule has 17 heavy (non-hydrogen) atoms. The Kier molecular flexibility index (Phi) is 6.62. The van der Waals surface area contributed by atoms with Gasteiger partial charge in [-0.3, -0.25) is 4.79 Å². The Morgan fingerprint density at radius 1 is 0.941 bits per heavy atom. The van der Waals surface area contributed by atoms with Crippen LogP contribution >= 0.6 is 0 Å². The fourth-order valence-corrected chi connectivity index (χ4v) is 1.43. The van der Waals surface area contributed by atoms with E-state index in [0.717, 1.165) is 0 Å². The third-order valence-corrected chi connectivity index (χ3v) is 2.57. The van der Waals surface area contributed by atoms with E-state index < -0.39 is 36.3 Å². The van der Waals surface area contributed by atoms with Crippen molar-refractivity contribution in [3.05, 3.63) is 0 Å². The maximum atomic E-state index is 10.6. The largest absolute Gasteiger partial charge is 0.481 e. The Bertz CT molecular complexity index is 242. The van der Waals surface area contributed by atoms with Gasteiger partial charge in [0.05, 0.1) is 24.2 Å². The third-order valence-electron chi connectivity index (χ3n) is 2.57. The number of hydrogen-bond donors (Lipinski definition) is 4. The molecule has 0 aromatic rings. The standard InChI is InChI=1S/C11H22O6/c1-5(2)17-7(4)9(13)10(14)8(12)6(3)11(15)16/h5-10,12-14H,1-4H3,(H,15,16). The third kappa shape index (κ3) is 4.99. The van der Waals surface area contributed by atoms with Gasteiger partial charge in [-0.2, -0.15) is 0 Å². The van der Waals surface area contributed by atoms with Gasteiger partial charge in [-0.25, -0.2) is 0 Å². The zero-order chi connectivity index (χ0) is 13.7. The highest BCUT2D eigenvalue weighted by molar-refractivity contribution is 5.70. The molecule has 0 rings (SSSR count). The lowest BCUT2D eigenvalue weighted by Gasteiger charge is -2.29. The Balaban J connectivity index is 4.47. The van der Waals surface area contributed by atoms with Gasteiger partial charge in [0.1, 0.15) is 12.2 Å². The average Bonchev–Trinajstić information content (AvgIpc) is 2.23. The van der Waals surface area contributed by atoms with Crippen molar-refractivity contribution < 1.29 is 30.0 Å². The van der Waals surface area contributed by atoms with Crippen LogP contribution in [-0.2, 0) is 9.53 Å². The molecule has 0 amide bonds. The summed E-state index contributed by atoms with van der Waals surface area (Å²) in [5, 5.41) is 37.6. The zero-order valence-corrected chi connectivity index (χ0v) is 10.6. The molecule has 0 aromatic heterocycles. The van der Waals surface area contributed by atoms with Crippen LogP contribution in [0.1, 0.15) is 27.7 Å². The van der Waals surface area contributed by atoms with Gasteiger partial charge in [0.2, 0.25) is 0 Å². The molecule has 0 bridgehead atoms. The molecule has 0 aliphatic rings. The van der Waals surface area contributed by atoms with Gasteiger partial charge in [-0.1, -0.05) is 0 Å². The van der Waals surface area contributed by atoms with E-state index in [0.29, 0.717) is 0 Å². The summed E-state index contributed by atoms with van der Waals surface area (Å²) in [4.78, 5) is 10.6. The normalized spacial score (nSPS) is 20.7. The molecule has 4 N–H and O–H groups in total. The molecule has 0 radical (unpaired) electrons. The predicted octanol–water partition coefficient (Wildman–Crippen LogP) is -0.397. The first-order valence-corrected chi connectivity index (χ1v) is 5.61. The van der Waals surface area contributed by atoms with Gasteiger partial charge in [0.15, 0.2) is 0 Å². The Labute approximate surface area is 101 Å². The fraction of sp³-hybridized carbons (Fsp3) is 0.909. The van der Waals surface area contributed by atoms with Crippen LogP contribution in [0.25, 0.3) is 0 Å². The van der Waals surface area contributed by atoms with Crippen molar-refractivity contribution in [1.29, 1.82) is 0 Å². The minimum Gasteiger partial charge on any atom is -0.481 e. The molecule has 102 valence electrons. The molecule has 0 aliphatic carbocycles. The average molecular weight is 250 g/mol. The SMILES string of the molecule is CC(C)OC(C)C(O)C(O)C(O)C(C)C(=O)O. The summed E-state index contributed by atoms with van der Waals surface area (Å²) in [6, 6.07) is 0. The zero-order valence-electron chi connectivity index (χ0n) is 10.6. The molecule has 5 unspecified atom stereocenters. The van der Waals surface area contributed by atoms with Gasteiger partial charge in [0, 0.05) is 0 Å². The number of carboxylic acids is 1. The van der Waals surface area contributed by atoms with E-state index >= 15 is 0 Å². The number of ether oxygens (including phenoxy) is 1. The van der Waals surface area contributed by atoms with Crippen molar-refractivity contribution in [3.8, 4) is 0 Å². The molecular formula is C11H22O6. The smallest absolute Gasteiger partial charge is 0.308 e. The van der Waals surface area contributed by atoms with E-state index in [4.69, 9.17) is 9.84 Å². The van der Waals surface area contributed by atoms with Crippen LogP contribution in [0, 0.1) is 5.92 Å². The van der Waals surface area contributed by atoms with Crippen LogP contribution < -0.4 is 0 Å². The number of rotatable bonds is 7. The summed E-state index contributed by atoms with van der Waals surface area (Å²) >= 11 is 0. The van der Waals surface area contributed by atoms with E-state index in [1.165, 1.54) is 6.92 Å². The lowest BCUT2D eigenvalue weighted by Crippen LogP contribution is -2.48. The predicted molar refractivity (Wildman–Crippen MR) is 60.5 cm³/mol. The Morgan fingerprint density at radius 2 is 1.41 bits per heavy atom. The summed E-state index contributed by atoms with van der Waals surface area (Å²) in [5.74, 6) is -2.40. The second kappa shape index (κ2) is 6.90. The highest BCUT2D eigenvalue weighted by Crippen LogP contribution is 2.15. The number of carbonyl (C=O) groups is 1. The van der Waals surface area contributed by atoms with Gasteiger partial charge in [0.25, 0.3) is 0 Å². The number of aliphatic hydroxyl groups excluding tert-OH is 3. The summed E-state index contributed by atoms with van der Waals surface area (Å²) < 4.78 is 5.25. The van der Waals surface area contributed by atoms with Crippen molar-refractivity contribution in [2.45, 2.75) is 58.2 Å². The van der Waals surface area contributed by atoms with Crippen LogP contribution in [0.5, 0.6) is 0 Å². The fourth-order valence-electron chi connectivity index (χ4n) is 1.43. The van der Waals surface area contributed by atoms with E-state index in [-0.39, 0.29) is 6.10 Å². The summed E-state index contributed by atoms with van der Waals surface area (Å²) in [7, 11) is 0. The molecule has 5 atom stereocenters. The van der Waals surface area contributed by atoms with Crippen molar-refractivity contribution >= 4 is 5.97 Å². The minimum atomic E-state index is -1.56. The highest BCUT2D eigenvalue weighted by atomic mass is 16.5. The van der Waals surface area contributed by atoms with Crippen molar-refractivity contribution in [3.63, 3.8) is 0 Å². The molecule has 0 aromatic carbocycles. The van der Waals surface area contributed by atoms with Crippen LogP contribution in [0.3, 0.4) is 0 Å². The first kappa shape index (κ1) is 16.3. The van der Waals surface area contributed by atoms with Crippen LogP contribution in [0.2, 0.25) is 0 Å². The van der Waals surface area contributed by atoms with E-state index in [9.17, 15) is 20.1 Å². The van der Waals surface area contributed by atoms with Crippen molar-refractivity contribution in [1.82, 2.24) is 0 Å². The van der Waals surface area contributed by atoms with Gasteiger partial charge >= 0.3 is 5.97 Å². The number of carboxylic acid groups (broad SMARTS) is 1. The lowest BCUT2D eigenvalue weighted by molar-refractivity contribution is -0.159. The van der Waals surface area contributed by atoms with Crippen LogP contribution in [0.15, 0.2) is 0 Å². The Morgan fingerprint density at radius 3 is 1.76 bits per heavy atom. The molecule has 0 saturated carbocycles. The second-order valence-corrected chi connectivity index (χ2v) is 4.49. The first-order valence-electron chi connectivity index (χ1n) is 5.61. The Hall–Kier alpha value is -0.690. The highest BCUT2D eigenvalue weighted by Gasteiger charge is 2.35. The van der Waals surface area contributed by atoms with Gasteiger partial charge < -0.3 is 25.2 Å². The molecular weight excluding hydrogens is 228 g/mol. The molecule has 6 heteroatoms. The summed E-state index contributed by atoms with van der Waals surface area (Å²) in [6.45, 7) is 6.35. The number of aliphatic carboxylic acids is 1. The molecule has 6 nitrogen and oxygen atoms in total. The molecule has 0 aliphatic heterocycles. The maximum Gasteiger partial charge on any atom is 0.308 e. The maximum absolute atomic E-state index is 10.6. The van der Waals surface area contributed by atoms with Crippen LogP contribution in [-0.4, -0.2) is 56.9 Å². The van der Waals surface area contributed by atoms with Crippen molar-refractivity contribution in [2.24, 2.45) is 5.92 Å². The van der Waals surface area contributed by atoms with Crippen molar-refractivity contribution in [2.75, 3.05) is 0 Å². The number of hydrogen-bond acceptors (Lipinski definition) is 5. The second-order valence-electron chi connectivity index (χ2n) is 4.49. The summed E-state index contributed by atoms with van der Waals surface area (Å²) in [5.41, 5.74) is 0. The lowest BCUT2D eigenvalue weighted by atomic mass is 9.94. The van der Waals surface area contributed by atoms with Gasteiger partial charge in [-0.15, -0.1) is 0 Å². The molecule has 0 spiro atoms. The first-order chi connectivity index (χ1) is 7.68. The quantitative estimate of drug-likeness (QED) is 0.490. The van der Waals surface area contributed by atoms with Crippen LogP contribution in [0.4, 0.5) is 0 Å². The number of aliphatic hydroxyl groups is 3. The molecule has 0 heterocycles.